The number of aromatic nitrogens is 2. The maximum atomic E-state index is 12.7. The number of piperidine rings is 1. The Balaban J connectivity index is 2.23. The first-order valence-corrected chi connectivity index (χ1v) is 7.92. The van der Waals surface area contributed by atoms with Gasteiger partial charge in [0.05, 0.1) is 5.69 Å². The second-order valence-electron chi connectivity index (χ2n) is 5.73. The summed E-state index contributed by atoms with van der Waals surface area (Å²) in [4.78, 5) is 1.96. The van der Waals surface area contributed by atoms with Crippen LogP contribution in [0.2, 0.25) is 0 Å². The van der Waals surface area contributed by atoms with E-state index in [0.29, 0.717) is 11.1 Å². The highest BCUT2D eigenvalue weighted by Gasteiger charge is 2.33. The summed E-state index contributed by atoms with van der Waals surface area (Å²) in [5.41, 5.74) is 0.264. The summed E-state index contributed by atoms with van der Waals surface area (Å²) in [5, 5.41) is 16.2. The minimum atomic E-state index is -4.48. The highest BCUT2D eigenvalue weighted by Crippen LogP contribution is 2.30. The number of nitrogens with one attached hydrogen (secondary N) is 1. The van der Waals surface area contributed by atoms with Crippen molar-refractivity contribution in [2.75, 3.05) is 13.1 Å². The van der Waals surface area contributed by atoms with Gasteiger partial charge in [-0.1, -0.05) is 25.2 Å². The largest absolute Gasteiger partial charge is 0.432 e. The van der Waals surface area contributed by atoms with Crippen molar-refractivity contribution in [2.24, 2.45) is 0 Å². The third-order valence-corrected chi connectivity index (χ3v) is 4.09. The van der Waals surface area contributed by atoms with E-state index < -0.39 is 18.1 Å². The molecule has 1 aliphatic rings. The molecule has 1 aromatic heterocycles. The molecular weight excluding hydrogens is 319 g/mol. The summed E-state index contributed by atoms with van der Waals surface area (Å²) >= 11 is 0. The fourth-order valence-corrected chi connectivity index (χ4v) is 2.71. The van der Waals surface area contributed by atoms with E-state index in [-0.39, 0.29) is 5.69 Å². The van der Waals surface area contributed by atoms with Crippen LogP contribution in [-0.2, 0) is 6.18 Å². The molecule has 0 radical (unpaired) electrons. The molecule has 2 N–H and O–H groups in total. The second kappa shape index (κ2) is 7.81. The topological polar surface area (TPSA) is 52.1 Å². The van der Waals surface area contributed by atoms with Crippen molar-refractivity contribution in [1.29, 1.82) is 0 Å². The van der Waals surface area contributed by atoms with Crippen molar-refractivity contribution in [3.63, 3.8) is 0 Å². The van der Waals surface area contributed by atoms with Crippen molar-refractivity contribution in [2.45, 2.75) is 38.6 Å². The molecule has 1 saturated heterocycles. The molecule has 0 spiro atoms. The predicted molar refractivity (Wildman–Crippen MR) is 87.0 cm³/mol. The zero-order valence-electron chi connectivity index (χ0n) is 13.6. The number of H-pyrrole nitrogens is 1. The molecule has 1 aromatic rings. The second-order valence-corrected chi connectivity index (χ2v) is 5.73. The number of allylic oxidation sites excluding steroid dienone is 3. The molecule has 2 rings (SSSR count). The number of alkyl halides is 3. The van der Waals surface area contributed by atoms with Crippen LogP contribution in [-0.4, -0.2) is 39.5 Å². The van der Waals surface area contributed by atoms with Gasteiger partial charge < -0.3 is 5.11 Å². The van der Waals surface area contributed by atoms with Crippen LogP contribution in [0.25, 0.3) is 5.57 Å². The van der Waals surface area contributed by atoms with Gasteiger partial charge >= 0.3 is 6.18 Å². The number of likely N-dealkylation sites (tertiary alicyclic amines) is 1. The molecule has 24 heavy (non-hydrogen) atoms. The Hall–Kier alpha value is -1.86. The molecule has 132 valence electrons. The van der Waals surface area contributed by atoms with E-state index in [1.165, 1.54) is 6.08 Å². The Bertz CT molecular complexity index is 625. The molecule has 0 aliphatic carbocycles. The molecular formula is C17H22F3N3O. The average molecular weight is 341 g/mol. The highest BCUT2D eigenvalue weighted by molar-refractivity contribution is 5.73. The Morgan fingerprint density at radius 3 is 2.54 bits per heavy atom. The minimum absolute atomic E-state index is 0.141. The predicted octanol–water partition coefficient (Wildman–Crippen LogP) is 3.75. The van der Waals surface area contributed by atoms with Gasteiger partial charge in [0.1, 0.15) is 11.9 Å². The summed E-state index contributed by atoms with van der Waals surface area (Å²) in [7, 11) is 0. The van der Waals surface area contributed by atoms with Gasteiger partial charge in [0.15, 0.2) is 0 Å². The van der Waals surface area contributed by atoms with E-state index >= 15 is 0 Å². The van der Waals surface area contributed by atoms with Gasteiger partial charge in [-0.05, 0) is 37.5 Å². The Kier molecular flexibility index (Phi) is 6.01. The standard InChI is InChI=1S/C17H22F3N3O/c1-3-12(14-11-15(22-21-14)17(18,19)20)10-13(4-2)16(24)23-8-6-5-7-9-23/h3-4,10-11,16,24H,1,5-9H2,2H3,(H,21,22)/b12-10+,13-4+. The highest BCUT2D eigenvalue weighted by atomic mass is 19.4. The van der Waals surface area contributed by atoms with Gasteiger partial charge in [-0.25, -0.2) is 0 Å². The summed E-state index contributed by atoms with van der Waals surface area (Å²) in [6, 6.07) is 0.939. The third kappa shape index (κ3) is 4.36. The summed E-state index contributed by atoms with van der Waals surface area (Å²) < 4.78 is 38.1. The molecule has 0 aromatic carbocycles. The van der Waals surface area contributed by atoms with Crippen LogP contribution >= 0.6 is 0 Å². The van der Waals surface area contributed by atoms with E-state index in [4.69, 9.17) is 0 Å². The third-order valence-electron chi connectivity index (χ3n) is 4.09. The van der Waals surface area contributed by atoms with Crippen LogP contribution in [0.15, 0.2) is 36.4 Å². The van der Waals surface area contributed by atoms with Gasteiger partial charge in [-0.3, -0.25) is 10.00 Å². The molecule has 2 heterocycles. The van der Waals surface area contributed by atoms with Crippen molar-refractivity contribution in [3.05, 3.63) is 47.8 Å². The van der Waals surface area contributed by atoms with Gasteiger partial charge in [0.2, 0.25) is 0 Å². The lowest BCUT2D eigenvalue weighted by Crippen LogP contribution is -2.40. The van der Waals surface area contributed by atoms with E-state index in [0.717, 1.165) is 38.4 Å². The number of nitrogens with zero attached hydrogens (tertiary/aromatic N) is 2. The molecule has 1 aliphatic heterocycles. The summed E-state index contributed by atoms with van der Waals surface area (Å²) in [6.45, 7) is 7.03. The van der Waals surface area contributed by atoms with Gasteiger partial charge in [0, 0.05) is 18.7 Å². The first-order chi connectivity index (χ1) is 11.4. The van der Waals surface area contributed by atoms with Crippen LogP contribution in [0, 0.1) is 0 Å². The number of aliphatic hydroxyl groups is 1. The maximum absolute atomic E-state index is 12.7. The number of halogens is 3. The summed E-state index contributed by atoms with van der Waals surface area (Å²) in [6.07, 6.45) is 2.75. The van der Waals surface area contributed by atoms with E-state index in [1.807, 2.05) is 10.00 Å². The monoisotopic (exact) mass is 341 g/mol. The summed E-state index contributed by atoms with van der Waals surface area (Å²) in [5.74, 6) is 0. The lowest BCUT2D eigenvalue weighted by molar-refractivity contribution is -0.141. The molecule has 0 bridgehead atoms. The maximum Gasteiger partial charge on any atom is 0.432 e. The zero-order chi connectivity index (χ0) is 17.7. The van der Waals surface area contributed by atoms with Gasteiger partial charge in [-0.2, -0.15) is 18.3 Å². The normalized spacial score (nSPS) is 19.4. The lowest BCUT2D eigenvalue weighted by Gasteiger charge is -2.31. The lowest BCUT2D eigenvalue weighted by atomic mass is 10.0. The van der Waals surface area contributed by atoms with Crippen LogP contribution in [0.5, 0.6) is 0 Å². The average Bonchev–Trinajstić information content (AvgIpc) is 3.06. The smallest absolute Gasteiger partial charge is 0.374 e. The number of aromatic amines is 1. The zero-order valence-corrected chi connectivity index (χ0v) is 13.6. The number of hydrogen-bond acceptors (Lipinski definition) is 3. The van der Waals surface area contributed by atoms with E-state index in [2.05, 4.69) is 11.7 Å². The van der Waals surface area contributed by atoms with Crippen molar-refractivity contribution in [3.8, 4) is 0 Å². The Labute approximate surface area is 139 Å². The first-order valence-electron chi connectivity index (χ1n) is 7.92. The molecule has 0 amide bonds. The number of aliphatic hydroxyl groups excluding tert-OH is 1. The SMILES string of the molecule is C=C/C(=C\C(=C/C)C(O)N1CCCCC1)c1cc(C(F)(F)F)[nH]n1. The molecule has 7 heteroatoms. The van der Waals surface area contributed by atoms with Crippen LogP contribution in [0.4, 0.5) is 13.2 Å². The molecule has 1 unspecified atom stereocenters. The van der Waals surface area contributed by atoms with E-state index in [9.17, 15) is 18.3 Å². The van der Waals surface area contributed by atoms with Crippen LogP contribution in [0.1, 0.15) is 37.6 Å². The van der Waals surface area contributed by atoms with Crippen molar-refractivity contribution >= 4 is 5.57 Å². The first kappa shape index (κ1) is 18.5. The van der Waals surface area contributed by atoms with Crippen molar-refractivity contribution < 1.29 is 18.3 Å². The molecule has 1 atom stereocenters. The quantitative estimate of drug-likeness (QED) is 0.802. The van der Waals surface area contributed by atoms with Crippen LogP contribution < -0.4 is 0 Å². The van der Waals surface area contributed by atoms with Crippen molar-refractivity contribution in [1.82, 2.24) is 15.1 Å². The fraction of sp³-hybridized carbons (Fsp3) is 0.471. The number of hydrogen-bond donors (Lipinski definition) is 2. The fourth-order valence-electron chi connectivity index (χ4n) is 2.71. The minimum Gasteiger partial charge on any atom is -0.374 e. The Morgan fingerprint density at radius 2 is 2.04 bits per heavy atom. The molecule has 1 fully saturated rings. The Morgan fingerprint density at radius 1 is 1.38 bits per heavy atom. The molecule has 4 nitrogen and oxygen atoms in total. The van der Waals surface area contributed by atoms with Crippen LogP contribution in [0.3, 0.4) is 0 Å². The van der Waals surface area contributed by atoms with E-state index in [1.54, 1.807) is 19.1 Å². The van der Waals surface area contributed by atoms with Gasteiger partial charge in [0.25, 0.3) is 0 Å². The molecule has 0 saturated carbocycles. The van der Waals surface area contributed by atoms with Gasteiger partial charge in [-0.15, -0.1) is 0 Å². The number of rotatable bonds is 5.